The van der Waals surface area contributed by atoms with Crippen molar-refractivity contribution in [1.29, 1.82) is 0 Å². The highest BCUT2D eigenvalue weighted by molar-refractivity contribution is 5.78. The quantitative estimate of drug-likeness (QED) is 0.0205. The molecule has 15 N–H and O–H groups in total. The molecule has 0 aliphatic heterocycles. The van der Waals surface area contributed by atoms with Gasteiger partial charge in [-0.25, -0.2) is 4.99 Å². The molecule has 10 heteroatoms. The molecule has 0 aliphatic rings. The molecule has 0 bridgehead atoms. The van der Waals surface area contributed by atoms with Crippen molar-refractivity contribution < 1.29 is 0 Å². The van der Waals surface area contributed by atoms with Crippen molar-refractivity contribution in [1.82, 2.24) is 16.0 Å². The smallest absolute Gasteiger partial charge is 0.186 e. The molecule has 0 aromatic heterocycles. The molecule has 80 heavy (non-hydrogen) atoms. The zero-order valence-electron chi connectivity index (χ0n) is 46.9. The minimum Gasteiger partial charge on any atom is -0.370 e. The number of nitrogens with one attached hydrogen (secondary N) is 3. The Morgan fingerprint density at radius 2 is 0.787 bits per heavy atom. The van der Waals surface area contributed by atoms with Gasteiger partial charge in [0.05, 0.1) is 32.7 Å². The Hall–Kier alpha value is -9.21. The fraction of sp³-hybridized carbons (Fsp3) is 0.243. The molecule has 0 atom stereocenters. The van der Waals surface area contributed by atoms with Gasteiger partial charge in [0, 0.05) is 63.4 Å². The van der Waals surface area contributed by atoms with Gasteiger partial charge in [-0.2, -0.15) is 0 Å². The number of hydrogen-bond donors (Lipinski definition) is 9. The van der Waals surface area contributed by atoms with Gasteiger partial charge in [0.15, 0.2) is 5.96 Å². The second kappa shape index (κ2) is 33.2. The van der Waals surface area contributed by atoms with E-state index in [2.05, 4.69) is 221 Å². The number of rotatable bonds is 11. The van der Waals surface area contributed by atoms with Crippen LogP contribution < -0.4 is 50.4 Å². The summed E-state index contributed by atoms with van der Waals surface area (Å²) in [4.78, 5) is 3.96. The highest BCUT2D eigenvalue weighted by atomic mass is 15.2. The summed E-state index contributed by atoms with van der Waals surface area (Å²) in [6, 6.07) is 41.8. The molecule has 6 rings (SSSR count). The third-order valence-corrected chi connectivity index (χ3v) is 11.2. The van der Waals surface area contributed by atoms with Crippen molar-refractivity contribution in [2.75, 3.05) is 45.8 Å². The largest absolute Gasteiger partial charge is 0.370 e. The zero-order valence-corrected chi connectivity index (χ0v) is 46.9. The second-order valence-electron chi connectivity index (χ2n) is 18.6. The Morgan fingerprint density at radius 3 is 1.11 bits per heavy atom. The van der Waals surface area contributed by atoms with Crippen LogP contribution in [0.4, 0.5) is 0 Å². The van der Waals surface area contributed by atoms with Crippen LogP contribution in [-0.4, -0.2) is 63.6 Å². The summed E-state index contributed by atoms with van der Waals surface area (Å²) in [5, 5.41) is 9.55. The van der Waals surface area contributed by atoms with Gasteiger partial charge in [0.2, 0.25) is 0 Å². The topological polar surface area (TPSA) is 205 Å². The van der Waals surface area contributed by atoms with E-state index in [1.807, 2.05) is 50.2 Å². The fourth-order valence-corrected chi connectivity index (χ4v) is 7.59. The van der Waals surface area contributed by atoms with Crippen LogP contribution in [0.2, 0.25) is 0 Å². The van der Waals surface area contributed by atoms with E-state index < -0.39 is 5.79 Å². The van der Waals surface area contributed by atoms with Crippen molar-refractivity contribution in [3.05, 3.63) is 166 Å². The Bertz CT molecular complexity index is 3480. The maximum absolute atomic E-state index is 5.83. The van der Waals surface area contributed by atoms with Gasteiger partial charge in [-0.3, -0.25) is 5.32 Å². The molecule has 0 saturated heterocycles. The van der Waals surface area contributed by atoms with Crippen molar-refractivity contribution in [3.63, 3.8) is 0 Å². The van der Waals surface area contributed by atoms with Crippen molar-refractivity contribution >= 4 is 5.96 Å². The van der Waals surface area contributed by atoms with Crippen molar-refractivity contribution in [2.45, 2.75) is 66.2 Å². The first kappa shape index (κ1) is 61.6. The van der Waals surface area contributed by atoms with E-state index in [1.165, 1.54) is 0 Å². The number of nitrogens with two attached hydrogens (primary N) is 6. The lowest BCUT2D eigenvalue weighted by molar-refractivity contribution is 0.403. The predicted octanol–water partition coefficient (Wildman–Crippen LogP) is 7.65. The first-order valence-corrected chi connectivity index (χ1v) is 26.6. The van der Waals surface area contributed by atoms with Crippen LogP contribution in [0.15, 0.2) is 126 Å². The van der Waals surface area contributed by atoms with Gasteiger partial charge in [-0.15, -0.1) is 0 Å². The van der Waals surface area contributed by atoms with E-state index in [4.69, 9.17) is 34.4 Å². The minimum atomic E-state index is -0.996. The molecule has 0 heterocycles. The number of guanidine groups is 1. The van der Waals surface area contributed by atoms with Gasteiger partial charge in [-0.05, 0) is 157 Å². The maximum atomic E-state index is 5.83. The van der Waals surface area contributed by atoms with Crippen LogP contribution >= 0.6 is 0 Å². The third-order valence-electron chi connectivity index (χ3n) is 11.2. The molecule has 0 fully saturated rings. The number of hydrogen-bond acceptors (Lipinski definition) is 8. The van der Waals surface area contributed by atoms with Gasteiger partial charge in [0.1, 0.15) is 12.3 Å². The molecule has 6 aromatic rings. The number of nitrogens with zero attached hydrogens (tertiary/aromatic N) is 1. The highest BCUT2D eigenvalue weighted by Crippen LogP contribution is 2.31. The molecule has 0 spiro atoms. The minimum absolute atomic E-state index is 0.0111. The fourth-order valence-electron chi connectivity index (χ4n) is 7.59. The zero-order chi connectivity index (χ0) is 57.5. The van der Waals surface area contributed by atoms with Crippen LogP contribution in [0.3, 0.4) is 0 Å². The predicted molar refractivity (Wildman–Crippen MR) is 335 cm³/mol. The van der Waals surface area contributed by atoms with Crippen LogP contribution in [0, 0.1) is 94.7 Å². The average molecular weight is 1050 g/mol. The van der Waals surface area contributed by atoms with Gasteiger partial charge in [-0.1, -0.05) is 152 Å². The molecule has 0 amide bonds. The Balaban J connectivity index is 0.000000307. The van der Waals surface area contributed by atoms with Crippen LogP contribution in [0.25, 0.3) is 44.5 Å². The monoisotopic (exact) mass is 1050 g/mol. The average Bonchev–Trinajstić information content (AvgIpc) is 3.49. The summed E-state index contributed by atoms with van der Waals surface area (Å²) in [5.74, 6) is 49.5. The summed E-state index contributed by atoms with van der Waals surface area (Å²) >= 11 is 0. The lowest BCUT2D eigenvalue weighted by Crippen LogP contribution is -2.58. The Morgan fingerprint density at radius 1 is 0.450 bits per heavy atom. The first-order chi connectivity index (χ1) is 38.7. The molecule has 0 unspecified atom stereocenters. The van der Waals surface area contributed by atoms with E-state index in [0.717, 1.165) is 108 Å². The number of benzene rings is 6. The first-order valence-electron chi connectivity index (χ1n) is 26.6. The van der Waals surface area contributed by atoms with E-state index in [9.17, 15) is 0 Å². The lowest BCUT2D eigenvalue weighted by Gasteiger charge is -2.18. The van der Waals surface area contributed by atoms with Crippen LogP contribution in [0.1, 0.15) is 98.9 Å². The molecule has 0 aliphatic carbocycles. The Labute approximate surface area is 476 Å². The molecule has 0 saturated carbocycles. The highest BCUT2D eigenvalue weighted by Gasteiger charge is 2.10. The molecule has 402 valence electrons. The standard InChI is InChI=1S/C38H44N8.C32H28N2/c1-5-43-17-7-11-29-21-31(13-9-19-45-37(39)40)25-35(23-29)33-15-6-16-34(27-33)36-24-30(12-8-18-44-28(2)3)22-32(26-36)14-10-20-46-38(4,41)42;1-3-5-10-25-18-27(12-8-16-33)22-31(20-25)29-14-7-15-30(24-29)32-21-26(11-6-4-2)19-28(23-32)13-9-17-34/h6,15-16,21-28,43-44,46H,5,17-20,41-42H2,1-4H3,(H4,39,40,45);7,14-15,18-24H,3-4,16-17,33-34H2,1-2H3. The number of aliphatic imine (C=N–C) groups is 1. The molecular weight excluding hydrogens is 981 g/mol. The SMILES string of the molecule is CCC#Cc1cc(C#CCN)cc(-c2cccc(-c3cc(C#CCC)cc(C#CCN)c3)c2)c1.CCNCC#Cc1cc(C#CCN=C(N)N)cc(-c2cccc(-c3cc(C#CCNC(C)C)cc(C#CCNC(C)(N)N)c3)c2)c1. The summed E-state index contributed by atoms with van der Waals surface area (Å²) in [6.45, 7) is 15.3. The van der Waals surface area contributed by atoms with Gasteiger partial charge < -0.3 is 45.0 Å². The summed E-state index contributed by atoms with van der Waals surface area (Å²) in [7, 11) is 0. The van der Waals surface area contributed by atoms with E-state index in [1.54, 1.807) is 6.92 Å². The molecule has 0 radical (unpaired) electrons. The summed E-state index contributed by atoms with van der Waals surface area (Å²) in [6.07, 6.45) is 1.60. The molecule has 6 aromatic carbocycles. The summed E-state index contributed by atoms with van der Waals surface area (Å²) in [5.41, 5.74) is 49.2. The van der Waals surface area contributed by atoms with Gasteiger partial charge in [0.25, 0.3) is 0 Å². The summed E-state index contributed by atoms with van der Waals surface area (Å²) < 4.78 is 0. The molecular formula is C70H72N10. The van der Waals surface area contributed by atoms with Gasteiger partial charge >= 0.3 is 0 Å². The normalized spacial score (nSPS) is 9.89. The van der Waals surface area contributed by atoms with E-state index in [0.29, 0.717) is 38.8 Å². The van der Waals surface area contributed by atoms with E-state index >= 15 is 0 Å². The van der Waals surface area contributed by atoms with Crippen LogP contribution in [0.5, 0.6) is 0 Å². The Kier molecular flexibility index (Phi) is 25.6. The lowest BCUT2D eigenvalue weighted by atomic mass is 9.95. The van der Waals surface area contributed by atoms with E-state index in [-0.39, 0.29) is 12.5 Å². The third kappa shape index (κ3) is 22.4. The molecule has 10 nitrogen and oxygen atoms in total. The van der Waals surface area contributed by atoms with Crippen molar-refractivity contribution in [3.8, 4) is 139 Å². The van der Waals surface area contributed by atoms with Crippen molar-refractivity contribution in [2.24, 2.45) is 39.4 Å². The maximum Gasteiger partial charge on any atom is 0.186 e. The second-order valence-corrected chi connectivity index (χ2v) is 18.6. The van der Waals surface area contributed by atoms with Crippen LogP contribution in [-0.2, 0) is 0 Å².